The van der Waals surface area contributed by atoms with Crippen LogP contribution in [0.4, 0.5) is 17.1 Å². The van der Waals surface area contributed by atoms with Crippen molar-refractivity contribution in [1.82, 2.24) is 15.0 Å². The fourth-order valence-corrected chi connectivity index (χ4v) is 6.98. The second-order valence-electron chi connectivity index (χ2n) is 12.9. The first-order valence-corrected chi connectivity index (χ1v) is 19.7. The molecule has 0 radical (unpaired) electrons. The minimum Gasteiger partial charge on any atom is -0.311 e. The number of anilines is 3. The first-order valence-electron chi connectivity index (χ1n) is 17.4. The summed E-state index contributed by atoms with van der Waals surface area (Å²) in [5.74, 6) is -1.02. The number of benzene rings is 4. The van der Waals surface area contributed by atoms with Gasteiger partial charge < -0.3 is 29.7 Å². The summed E-state index contributed by atoms with van der Waals surface area (Å²) in [7, 11) is 4.90. The Bertz CT molecular complexity index is 2330. The van der Waals surface area contributed by atoms with E-state index >= 15 is 0 Å². The smallest absolute Gasteiger partial charge is 0.311 e. The molecule has 0 saturated carbocycles. The molecule has 0 N–H and O–H groups in total. The molecule has 58 heavy (non-hydrogen) atoms. The first-order chi connectivity index (χ1) is 27.4. The van der Waals surface area contributed by atoms with Crippen molar-refractivity contribution in [2.75, 3.05) is 35.8 Å². The molecular formula is C45H30Br3IrN6O3. The van der Waals surface area contributed by atoms with Crippen LogP contribution in [0.15, 0.2) is 141 Å². The van der Waals surface area contributed by atoms with E-state index in [1.165, 1.54) is 33.3 Å². The van der Waals surface area contributed by atoms with Gasteiger partial charge >= 0.3 is 20.1 Å². The van der Waals surface area contributed by atoms with Crippen LogP contribution in [0, 0.1) is 18.2 Å². The van der Waals surface area contributed by atoms with Crippen molar-refractivity contribution in [3.05, 3.63) is 176 Å². The van der Waals surface area contributed by atoms with E-state index in [1.807, 2.05) is 36.4 Å². The summed E-state index contributed by atoms with van der Waals surface area (Å²) in [5, 5.41) is 0. The van der Waals surface area contributed by atoms with E-state index in [-0.39, 0.29) is 37.8 Å². The minimum atomic E-state index is -0.341. The zero-order valence-corrected chi connectivity index (χ0v) is 38.2. The number of carbonyl (C=O) groups excluding carboxylic acids is 3. The Morgan fingerprint density at radius 1 is 0.448 bits per heavy atom. The predicted octanol–water partition coefficient (Wildman–Crippen LogP) is 10.4. The molecule has 3 aromatic heterocycles. The predicted molar refractivity (Wildman–Crippen MR) is 233 cm³/mol. The van der Waals surface area contributed by atoms with Crippen LogP contribution in [0.5, 0.6) is 0 Å². The van der Waals surface area contributed by atoms with Crippen LogP contribution < -0.4 is 14.7 Å². The van der Waals surface area contributed by atoms with Crippen LogP contribution in [0.3, 0.4) is 0 Å². The second-order valence-corrected chi connectivity index (χ2v) is 15.6. The van der Waals surface area contributed by atoms with Gasteiger partial charge in [-0.2, -0.15) is 0 Å². The van der Waals surface area contributed by atoms with E-state index in [0.717, 1.165) is 30.1 Å². The summed E-state index contributed by atoms with van der Waals surface area (Å²) in [4.78, 5) is 59.8. The maximum absolute atomic E-state index is 13.9. The standard InChI is InChI=1S/C45H30Br3N6O3.Ir/c1-52(43(55)31-13-16-40(49-25-31)28-7-4-10-34(46)19-28)37-22-38(53(2)44(56)32-14-17-41(50-26-32)29-8-5-11-35(47)20-29)24-39(23-37)54(3)45(57)33-15-18-42(51-27-33)30-9-6-12-36(48)21-30;/h4-6,10-27H,1-3H3;/q-3;+3. The van der Waals surface area contributed by atoms with Crippen molar-refractivity contribution in [2.24, 2.45) is 0 Å². The van der Waals surface area contributed by atoms with Crippen LogP contribution in [0.25, 0.3) is 33.8 Å². The Kier molecular flexibility index (Phi) is 13.6. The van der Waals surface area contributed by atoms with Crippen molar-refractivity contribution in [2.45, 2.75) is 0 Å². The molecule has 0 bridgehead atoms. The van der Waals surface area contributed by atoms with Crippen molar-refractivity contribution < 1.29 is 34.5 Å². The topological polar surface area (TPSA) is 99.6 Å². The third kappa shape index (κ3) is 9.57. The molecule has 7 aromatic rings. The zero-order chi connectivity index (χ0) is 40.2. The summed E-state index contributed by atoms with van der Waals surface area (Å²) < 4.78 is 2.67. The molecule has 9 nitrogen and oxygen atoms in total. The Labute approximate surface area is 374 Å². The van der Waals surface area contributed by atoms with Gasteiger partial charge in [-0.25, -0.2) is 0 Å². The molecule has 3 heterocycles. The first kappa shape index (κ1) is 42.4. The van der Waals surface area contributed by atoms with Gasteiger partial charge in [-0.3, -0.25) is 14.4 Å². The molecule has 0 atom stereocenters. The van der Waals surface area contributed by atoms with Gasteiger partial charge in [-0.15, -0.1) is 89.5 Å². The summed E-state index contributed by atoms with van der Waals surface area (Å²) in [5.41, 5.74) is 6.68. The second kappa shape index (κ2) is 18.6. The van der Waals surface area contributed by atoms with Crippen LogP contribution in [-0.4, -0.2) is 53.8 Å². The average Bonchev–Trinajstić information content (AvgIpc) is 3.25. The molecule has 0 saturated heterocycles. The van der Waals surface area contributed by atoms with E-state index in [1.54, 1.807) is 93.9 Å². The minimum absolute atomic E-state index is 0. The Balaban J connectivity index is 0.00000567. The number of hydrogen-bond acceptors (Lipinski definition) is 6. The molecular weight excluding hydrogens is 1100 g/mol. The van der Waals surface area contributed by atoms with Crippen molar-refractivity contribution in [1.29, 1.82) is 0 Å². The molecule has 0 spiro atoms. The Morgan fingerprint density at radius 3 is 0.948 bits per heavy atom. The van der Waals surface area contributed by atoms with E-state index in [0.29, 0.717) is 50.8 Å². The maximum atomic E-state index is 13.9. The van der Waals surface area contributed by atoms with Gasteiger partial charge in [-0.05, 0) is 35.3 Å². The van der Waals surface area contributed by atoms with Gasteiger partial charge in [0.05, 0.1) is 16.7 Å². The average molecular weight is 1130 g/mol. The number of aromatic nitrogens is 3. The molecule has 7 rings (SSSR count). The van der Waals surface area contributed by atoms with Crippen molar-refractivity contribution >= 4 is 82.6 Å². The van der Waals surface area contributed by atoms with E-state index in [9.17, 15) is 14.4 Å². The summed E-state index contributed by atoms with van der Waals surface area (Å²) in [6.07, 6.45) is 4.55. The zero-order valence-electron chi connectivity index (χ0n) is 31.0. The number of hydrogen-bond donors (Lipinski definition) is 0. The van der Waals surface area contributed by atoms with Crippen LogP contribution in [0.1, 0.15) is 31.1 Å². The summed E-state index contributed by atoms with van der Waals surface area (Å²) in [6.45, 7) is 0. The SMILES string of the molecule is CN(C(=O)c1ccc(-c2[c-]ccc(Br)c2)nc1)c1cc(N(C)C(=O)c2ccc(-c3[c-]ccc(Br)c3)nc2)cc(N(C)C(=O)c2ccc(-c3[c-]ccc(Br)c3)nc2)c1.[Ir+3]. The monoisotopic (exact) mass is 1130 g/mol. The molecule has 0 unspecified atom stereocenters. The van der Waals surface area contributed by atoms with Crippen LogP contribution >= 0.6 is 47.8 Å². The fourth-order valence-electron chi connectivity index (χ4n) is 5.89. The Hall–Kier alpha value is -5.17. The summed E-state index contributed by atoms with van der Waals surface area (Å²) in [6, 6.07) is 41.8. The summed E-state index contributed by atoms with van der Waals surface area (Å²) >= 11 is 10.4. The third-order valence-corrected chi connectivity index (χ3v) is 10.6. The molecule has 0 aliphatic rings. The molecule has 0 aliphatic heterocycles. The fraction of sp³-hybridized carbons (Fsp3) is 0.0667. The number of carbonyl (C=O) groups is 3. The molecule has 0 fully saturated rings. The van der Waals surface area contributed by atoms with Crippen LogP contribution in [-0.2, 0) is 20.1 Å². The molecule has 4 aromatic carbocycles. The molecule has 288 valence electrons. The van der Waals surface area contributed by atoms with Crippen molar-refractivity contribution in [3.8, 4) is 33.8 Å². The number of rotatable bonds is 9. The van der Waals surface area contributed by atoms with E-state index in [2.05, 4.69) is 80.9 Å². The molecule has 0 aliphatic carbocycles. The Morgan fingerprint density at radius 2 is 0.724 bits per heavy atom. The maximum Gasteiger partial charge on any atom is 3.00 e. The van der Waals surface area contributed by atoms with Gasteiger partial charge in [0.15, 0.2) is 0 Å². The largest absolute Gasteiger partial charge is 3.00 e. The number of halogens is 3. The normalized spacial score (nSPS) is 10.7. The molecule has 13 heteroatoms. The number of pyridine rings is 3. The van der Waals surface area contributed by atoms with Crippen LogP contribution in [0.2, 0.25) is 0 Å². The van der Waals surface area contributed by atoms with Gasteiger partial charge in [0.1, 0.15) is 0 Å². The van der Waals surface area contributed by atoms with Crippen molar-refractivity contribution in [3.63, 3.8) is 0 Å². The van der Waals surface area contributed by atoms with Gasteiger partial charge in [0.25, 0.3) is 17.7 Å². The van der Waals surface area contributed by atoms with Gasteiger partial charge in [0, 0.05) is 56.8 Å². The van der Waals surface area contributed by atoms with E-state index < -0.39 is 0 Å². The quantitative estimate of drug-likeness (QED) is 0.134. The van der Waals surface area contributed by atoms with Gasteiger partial charge in [0.2, 0.25) is 0 Å². The third-order valence-electron chi connectivity index (χ3n) is 9.11. The number of amides is 3. The van der Waals surface area contributed by atoms with Gasteiger partial charge in [-0.1, -0.05) is 97.6 Å². The molecule has 3 amide bonds. The number of nitrogens with zero attached hydrogens (tertiary/aromatic N) is 6. The van der Waals surface area contributed by atoms with E-state index in [4.69, 9.17) is 0 Å².